The largest absolute Gasteiger partial charge is 0.464 e. The summed E-state index contributed by atoms with van der Waals surface area (Å²) < 4.78 is 9.91. The smallest absolute Gasteiger partial charge is 0.315 e. The van der Waals surface area contributed by atoms with Crippen LogP contribution < -0.4 is 4.74 Å². The molecule has 0 aliphatic carbocycles. The molecule has 4 heteroatoms. The number of ether oxygens (including phenoxy) is 1. The van der Waals surface area contributed by atoms with Crippen LogP contribution in [0.25, 0.3) is 0 Å². The number of fused-ring (bicyclic) bond motifs is 1. The summed E-state index contributed by atoms with van der Waals surface area (Å²) >= 11 is 0. The first-order valence-electron chi connectivity index (χ1n) is 3.43. The minimum atomic E-state index is 0.361. The third-order valence-electron chi connectivity index (χ3n) is 1.66. The van der Waals surface area contributed by atoms with Gasteiger partial charge in [-0.15, -0.1) is 0 Å². The van der Waals surface area contributed by atoms with Gasteiger partial charge in [-0.2, -0.15) is 5.26 Å². The molecule has 0 aromatic carbocycles. The van der Waals surface area contributed by atoms with E-state index >= 15 is 0 Å². The van der Waals surface area contributed by atoms with Gasteiger partial charge in [-0.3, -0.25) is 0 Å². The fourth-order valence-electron chi connectivity index (χ4n) is 1.13. The van der Waals surface area contributed by atoms with Crippen molar-refractivity contribution in [3.8, 4) is 12.0 Å². The summed E-state index contributed by atoms with van der Waals surface area (Å²) in [6, 6.07) is 1.95. The van der Waals surface area contributed by atoms with Crippen molar-refractivity contribution in [3.63, 3.8) is 0 Å². The summed E-state index contributed by atoms with van der Waals surface area (Å²) in [6.07, 6.45) is 1.77. The highest BCUT2D eigenvalue weighted by atomic mass is 16.6. The predicted molar refractivity (Wildman–Crippen MR) is 35.0 cm³/mol. The minimum Gasteiger partial charge on any atom is -0.464 e. The van der Waals surface area contributed by atoms with Gasteiger partial charge in [0, 0.05) is 0 Å². The summed E-state index contributed by atoms with van der Waals surface area (Å²) in [4.78, 5) is 0. The molecule has 0 amide bonds. The lowest BCUT2D eigenvalue weighted by Gasteiger charge is -2.08. The highest BCUT2D eigenvalue weighted by molar-refractivity contribution is 5.36. The molecule has 1 aliphatic rings. The van der Waals surface area contributed by atoms with Crippen LogP contribution in [0.1, 0.15) is 17.7 Å². The Balaban J connectivity index is 2.48. The SMILES string of the molecule is N#Cc1noc2c1CCCO2. The topological polar surface area (TPSA) is 59.0 Å². The Labute approximate surface area is 63.4 Å². The third kappa shape index (κ3) is 0.855. The molecule has 11 heavy (non-hydrogen) atoms. The van der Waals surface area contributed by atoms with Crippen LogP contribution in [0.3, 0.4) is 0 Å². The maximum atomic E-state index is 8.55. The van der Waals surface area contributed by atoms with E-state index in [9.17, 15) is 0 Å². The van der Waals surface area contributed by atoms with Crippen LogP contribution >= 0.6 is 0 Å². The van der Waals surface area contributed by atoms with E-state index in [-0.39, 0.29) is 0 Å². The van der Waals surface area contributed by atoms with E-state index in [0.717, 1.165) is 18.4 Å². The first-order valence-corrected chi connectivity index (χ1v) is 3.43. The zero-order valence-corrected chi connectivity index (χ0v) is 5.83. The standard InChI is InChI=1S/C7H6N2O2/c8-4-6-5-2-1-3-10-7(5)11-9-6/h1-3H2. The van der Waals surface area contributed by atoms with Crippen molar-refractivity contribution in [2.45, 2.75) is 12.8 Å². The predicted octanol–water partition coefficient (Wildman–Crippen LogP) is 0.871. The van der Waals surface area contributed by atoms with E-state index in [1.165, 1.54) is 0 Å². The van der Waals surface area contributed by atoms with Crippen LogP contribution in [0.4, 0.5) is 0 Å². The van der Waals surface area contributed by atoms with Gasteiger partial charge in [0.1, 0.15) is 6.07 Å². The van der Waals surface area contributed by atoms with Crippen molar-refractivity contribution >= 4 is 0 Å². The lowest BCUT2D eigenvalue weighted by atomic mass is 10.1. The third-order valence-corrected chi connectivity index (χ3v) is 1.66. The zero-order valence-electron chi connectivity index (χ0n) is 5.83. The molecule has 2 heterocycles. The first-order chi connectivity index (χ1) is 5.42. The number of nitrogens with zero attached hydrogens (tertiary/aromatic N) is 2. The van der Waals surface area contributed by atoms with Crippen molar-refractivity contribution in [1.29, 1.82) is 5.26 Å². The molecule has 0 bridgehead atoms. The Morgan fingerprint density at radius 2 is 2.45 bits per heavy atom. The minimum absolute atomic E-state index is 0.361. The molecular formula is C7H6N2O2. The molecule has 56 valence electrons. The van der Waals surface area contributed by atoms with Gasteiger partial charge in [0.05, 0.1) is 12.2 Å². The number of hydrogen-bond donors (Lipinski definition) is 0. The zero-order chi connectivity index (χ0) is 7.68. The van der Waals surface area contributed by atoms with E-state index in [0.29, 0.717) is 18.2 Å². The molecular weight excluding hydrogens is 144 g/mol. The monoisotopic (exact) mass is 150 g/mol. The number of nitriles is 1. The van der Waals surface area contributed by atoms with Crippen molar-refractivity contribution in [3.05, 3.63) is 11.3 Å². The highest BCUT2D eigenvalue weighted by Gasteiger charge is 2.20. The second-order valence-electron chi connectivity index (χ2n) is 2.36. The van der Waals surface area contributed by atoms with E-state index in [1.807, 2.05) is 6.07 Å². The van der Waals surface area contributed by atoms with Crippen LogP contribution in [0, 0.1) is 11.3 Å². The maximum Gasteiger partial charge on any atom is 0.315 e. The van der Waals surface area contributed by atoms with Gasteiger partial charge in [-0.25, -0.2) is 0 Å². The van der Waals surface area contributed by atoms with E-state index in [4.69, 9.17) is 14.5 Å². The van der Waals surface area contributed by atoms with Crippen molar-refractivity contribution < 1.29 is 9.26 Å². The Kier molecular flexibility index (Phi) is 1.29. The molecule has 2 rings (SSSR count). The lowest BCUT2D eigenvalue weighted by Crippen LogP contribution is -2.06. The normalized spacial score (nSPS) is 14.8. The van der Waals surface area contributed by atoms with E-state index < -0.39 is 0 Å². The fraction of sp³-hybridized carbons (Fsp3) is 0.429. The second kappa shape index (κ2) is 2.27. The van der Waals surface area contributed by atoms with Gasteiger partial charge < -0.3 is 9.26 Å². The molecule has 1 aromatic heterocycles. The van der Waals surface area contributed by atoms with Crippen molar-refractivity contribution in [2.75, 3.05) is 6.61 Å². The number of aromatic nitrogens is 1. The van der Waals surface area contributed by atoms with Crippen LogP contribution in [-0.4, -0.2) is 11.8 Å². The van der Waals surface area contributed by atoms with Gasteiger partial charge in [-0.05, 0) is 12.8 Å². The van der Waals surface area contributed by atoms with Gasteiger partial charge in [0.25, 0.3) is 0 Å². The summed E-state index contributed by atoms with van der Waals surface area (Å²) in [5.41, 5.74) is 1.18. The van der Waals surface area contributed by atoms with Crippen LogP contribution in [0.2, 0.25) is 0 Å². The van der Waals surface area contributed by atoms with Crippen LogP contribution in [0.5, 0.6) is 5.95 Å². The molecule has 0 saturated carbocycles. The molecule has 0 spiro atoms. The molecule has 1 aliphatic heterocycles. The Hall–Kier alpha value is -1.50. The summed E-state index contributed by atoms with van der Waals surface area (Å²) in [7, 11) is 0. The average molecular weight is 150 g/mol. The molecule has 4 nitrogen and oxygen atoms in total. The molecule has 1 aromatic rings. The Bertz CT molecular complexity index is 311. The van der Waals surface area contributed by atoms with E-state index in [2.05, 4.69) is 5.16 Å². The fourth-order valence-corrected chi connectivity index (χ4v) is 1.13. The van der Waals surface area contributed by atoms with Gasteiger partial charge in [0.15, 0.2) is 5.69 Å². The highest BCUT2D eigenvalue weighted by Crippen LogP contribution is 2.26. The summed E-state index contributed by atoms with van der Waals surface area (Å²) in [6.45, 7) is 0.660. The van der Waals surface area contributed by atoms with Gasteiger partial charge in [-0.1, -0.05) is 5.16 Å². The molecule has 0 radical (unpaired) electrons. The molecule has 0 unspecified atom stereocenters. The van der Waals surface area contributed by atoms with Gasteiger partial charge >= 0.3 is 5.95 Å². The summed E-state index contributed by atoms with van der Waals surface area (Å²) in [5.74, 6) is 0.424. The Morgan fingerprint density at radius 1 is 1.55 bits per heavy atom. The van der Waals surface area contributed by atoms with Crippen molar-refractivity contribution in [1.82, 2.24) is 5.16 Å². The van der Waals surface area contributed by atoms with Crippen molar-refractivity contribution in [2.24, 2.45) is 0 Å². The average Bonchev–Trinajstić information content (AvgIpc) is 2.47. The lowest BCUT2D eigenvalue weighted by molar-refractivity contribution is 0.196. The number of hydrogen-bond acceptors (Lipinski definition) is 4. The number of rotatable bonds is 0. The summed E-state index contributed by atoms with van der Waals surface area (Å²) in [5, 5.41) is 12.1. The Morgan fingerprint density at radius 3 is 3.27 bits per heavy atom. The maximum absolute atomic E-state index is 8.55. The van der Waals surface area contributed by atoms with Crippen LogP contribution in [0.15, 0.2) is 4.52 Å². The molecule has 0 saturated heterocycles. The quantitative estimate of drug-likeness (QED) is 0.550. The second-order valence-corrected chi connectivity index (χ2v) is 2.36. The molecule has 0 atom stereocenters. The van der Waals surface area contributed by atoms with Gasteiger partial charge in [0.2, 0.25) is 0 Å². The van der Waals surface area contributed by atoms with Crippen LogP contribution in [-0.2, 0) is 6.42 Å². The first kappa shape index (κ1) is 6.23. The van der Waals surface area contributed by atoms with E-state index in [1.54, 1.807) is 0 Å². The molecule has 0 N–H and O–H groups in total. The molecule has 0 fully saturated rings.